The number of halogens is 1. The normalized spacial score (nSPS) is 15.1. The van der Waals surface area contributed by atoms with Gasteiger partial charge in [0.1, 0.15) is 0 Å². The Labute approximate surface area is 263 Å². The molecule has 1 unspecified atom stereocenters. The van der Waals surface area contributed by atoms with Crippen LogP contribution in [0.3, 0.4) is 0 Å². The molecule has 44 heavy (non-hydrogen) atoms. The molecule has 4 aromatic rings. The molecule has 3 aromatic carbocycles. The van der Waals surface area contributed by atoms with E-state index in [1.165, 1.54) is 0 Å². The number of rotatable bonds is 13. The number of aromatic nitrogens is 1. The van der Waals surface area contributed by atoms with Crippen LogP contribution < -0.4 is 19.7 Å². The monoisotopic (exact) mass is 657 g/mol. The van der Waals surface area contributed by atoms with Crippen molar-refractivity contribution >= 4 is 55.7 Å². The molecule has 5 rings (SSSR count). The minimum absolute atomic E-state index is 0.0477. The molecule has 13 heteroatoms. The van der Waals surface area contributed by atoms with Crippen molar-refractivity contribution in [1.29, 1.82) is 0 Å². The van der Waals surface area contributed by atoms with Gasteiger partial charge in [-0.3, -0.25) is 4.21 Å². The van der Waals surface area contributed by atoms with Crippen LogP contribution in [0.5, 0.6) is 5.75 Å². The molecule has 1 aromatic heterocycles. The Bertz CT molecular complexity index is 1840. The SMILES string of the molecule is CCNOS(=O)(=O)CCN1C(=CC(=Cc2oc3ccc(-c4ccccc4)cc3[n+]2CCS(=O)[O-])CC)Oc2ccc(Cl)cc21. The molecule has 0 aliphatic carbocycles. The number of benzene rings is 3. The zero-order chi connectivity index (χ0) is 31.3. The topological polar surface area (TPSA) is 125 Å². The molecule has 10 nitrogen and oxygen atoms in total. The molecule has 1 N–H and O–H groups in total. The Morgan fingerprint density at radius 1 is 1.11 bits per heavy atom. The van der Waals surface area contributed by atoms with Crippen molar-refractivity contribution in [3.05, 3.63) is 95.2 Å². The summed E-state index contributed by atoms with van der Waals surface area (Å²) in [7, 11) is -3.86. The van der Waals surface area contributed by atoms with Crippen molar-refractivity contribution in [1.82, 2.24) is 5.48 Å². The van der Waals surface area contributed by atoms with Gasteiger partial charge in [-0.2, -0.15) is 22.7 Å². The zero-order valence-electron chi connectivity index (χ0n) is 24.2. The van der Waals surface area contributed by atoms with Gasteiger partial charge in [0.05, 0.1) is 23.3 Å². The molecule has 232 valence electrons. The van der Waals surface area contributed by atoms with Crippen LogP contribution in [0, 0.1) is 0 Å². The number of hydrogen-bond donors (Lipinski definition) is 1. The summed E-state index contributed by atoms with van der Waals surface area (Å²) >= 11 is 4.02. The van der Waals surface area contributed by atoms with Gasteiger partial charge in [-0.25, -0.2) is 0 Å². The first-order chi connectivity index (χ1) is 21.2. The van der Waals surface area contributed by atoms with E-state index in [0.29, 0.717) is 46.8 Å². The summed E-state index contributed by atoms with van der Waals surface area (Å²) in [5, 5.41) is 0.477. The van der Waals surface area contributed by atoms with Gasteiger partial charge in [-0.05, 0) is 58.5 Å². The highest BCUT2D eigenvalue weighted by atomic mass is 35.5. The number of nitrogens with zero attached hydrogens (tertiary/aromatic N) is 2. The summed E-state index contributed by atoms with van der Waals surface area (Å²) in [4.78, 5) is 1.73. The van der Waals surface area contributed by atoms with Gasteiger partial charge < -0.3 is 18.6 Å². The number of oxazole rings is 1. The highest BCUT2D eigenvalue weighted by Gasteiger charge is 2.29. The quantitative estimate of drug-likeness (QED) is 0.115. The Morgan fingerprint density at radius 3 is 2.64 bits per heavy atom. The fraction of sp³-hybridized carbons (Fsp3) is 0.258. The van der Waals surface area contributed by atoms with Crippen LogP contribution in [0.1, 0.15) is 26.2 Å². The summed E-state index contributed by atoms with van der Waals surface area (Å²) in [6, 6.07) is 20.9. The molecule has 2 heterocycles. The van der Waals surface area contributed by atoms with E-state index in [9.17, 15) is 17.2 Å². The Balaban J connectivity index is 1.53. The second-order valence-electron chi connectivity index (χ2n) is 9.91. The van der Waals surface area contributed by atoms with Crippen LogP contribution in [0.25, 0.3) is 28.3 Å². The molecule has 1 aliphatic heterocycles. The average Bonchev–Trinajstić information content (AvgIpc) is 3.53. The average molecular weight is 658 g/mol. The van der Waals surface area contributed by atoms with Crippen molar-refractivity contribution < 1.29 is 35.2 Å². The fourth-order valence-electron chi connectivity index (χ4n) is 4.78. The lowest BCUT2D eigenvalue weighted by Crippen LogP contribution is -2.38. The predicted octanol–water partition coefficient (Wildman–Crippen LogP) is 5.32. The van der Waals surface area contributed by atoms with Gasteiger partial charge >= 0.3 is 5.89 Å². The van der Waals surface area contributed by atoms with Gasteiger partial charge in [-0.15, -0.1) is 0 Å². The van der Waals surface area contributed by atoms with Crippen molar-refractivity contribution in [3.8, 4) is 16.9 Å². The lowest BCUT2D eigenvalue weighted by atomic mass is 10.1. The maximum Gasteiger partial charge on any atom is 0.374 e. The number of nitrogens with one attached hydrogen (secondary N) is 1. The Kier molecular flexibility index (Phi) is 10.2. The zero-order valence-corrected chi connectivity index (χ0v) is 26.6. The standard InChI is InChI=1S/C31H32ClN3O7S2/c1-3-22(19-31-35(15-17-44(38,39)42-33-4-2)27-21-25(32)11-13-29(27)41-31)18-30-34(14-16-43(36)37)26-20-24(10-12-28(26)40-30)23-8-6-5-7-9-23/h5-13,18-21,33H,3-4,14-17H2,1-2H3. The first kappa shape index (κ1) is 31.9. The van der Waals surface area contributed by atoms with Crippen molar-refractivity contribution in [3.63, 3.8) is 0 Å². The summed E-state index contributed by atoms with van der Waals surface area (Å²) < 4.78 is 67.0. The van der Waals surface area contributed by atoms with E-state index >= 15 is 0 Å². The van der Waals surface area contributed by atoms with Gasteiger partial charge in [0.15, 0.2) is 12.3 Å². The van der Waals surface area contributed by atoms with Crippen LogP contribution in [0.15, 0.2) is 88.7 Å². The molecule has 0 radical (unpaired) electrons. The Morgan fingerprint density at radius 2 is 1.91 bits per heavy atom. The second-order valence-corrected chi connectivity index (χ2v) is 13.1. The van der Waals surface area contributed by atoms with E-state index < -0.39 is 21.2 Å². The number of hydrogen-bond acceptors (Lipinski definition) is 9. The summed E-state index contributed by atoms with van der Waals surface area (Å²) in [5.74, 6) is 1.01. The van der Waals surface area contributed by atoms with Crippen LogP contribution in [-0.4, -0.2) is 41.8 Å². The van der Waals surface area contributed by atoms with Crippen LogP contribution >= 0.6 is 11.6 Å². The summed E-state index contributed by atoms with van der Waals surface area (Å²) in [6.07, 6.45) is 4.22. The van der Waals surface area contributed by atoms with Gasteiger partial charge in [0.2, 0.25) is 11.5 Å². The molecule has 1 aliphatic rings. The molecule has 0 saturated carbocycles. The smallest absolute Gasteiger partial charge is 0.374 e. The van der Waals surface area contributed by atoms with Crippen LogP contribution in [0.4, 0.5) is 5.69 Å². The highest BCUT2D eigenvalue weighted by molar-refractivity contribution is 7.86. The maximum absolute atomic E-state index is 12.4. The molecular formula is C31H32ClN3O7S2. The molecule has 0 spiro atoms. The first-order valence-corrected chi connectivity index (χ1v) is 17.3. The lowest BCUT2D eigenvalue weighted by Gasteiger charge is -2.18. The van der Waals surface area contributed by atoms with Crippen molar-refractivity contribution in [2.75, 3.05) is 29.5 Å². The summed E-state index contributed by atoms with van der Waals surface area (Å²) in [6.45, 7) is 4.27. The number of allylic oxidation sites excluding steroid dienone is 2. The molecule has 0 fully saturated rings. The third-order valence-corrected chi connectivity index (χ3v) is 8.74. The van der Waals surface area contributed by atoms with Gasteiger partial charge in [0, 0.05) is 30.3 Å². The van der Waals surface area contributed by atoms with E-state index in [1.54, 1.807) is 30.0 Å². The van der Waals surface area contributed by atoms with Crippen LogP contribution in [0.2, 0.25) is 5.02 Å². The van der Waals surface area contributed by atoms with Crippen molar-refractivity contribution in [2.45, 2.75) is 26.8 Å². The third kappa shape index (κ3) is 7.57. The minimum atomic E-state index is -3.86. The molecule has 0 amide bonds. The molecule has 0 saturated heterocycles. The van der Waals surface area contributed by atoms with E-state index in [4.69, 9.17) is 25.0 Å². The van der Waals surface area contributed by atoms with E-state index in [1.807, 2.05) is 72.2 Å². The number of aryl methyl sites for hydroxylation is 1. The van der Waals surface area contributed by atoms with E-state index in [0.717, 1.165) is 22.2 Å². The van der Waals surface area contributed by atoms with Gasteiger partial charge in [-0.1, -0.05) is 61.8 Å². The molecule has 1 atom stereocenters. The third-order valence-electron chi connectivity index (χ3n) is 6.93. The fourth-order valence-corrected chi connectivity index (χ4v) is 6.07. The predicted molar refractivity (Wildman–Crippen MR) is 170 cm³/mol. The largest absolute Gasteiger partial charge is 0.772 e. The number of ether oxygens (including phenoxy) is 1. The summed E-state index contributed by atoms with van der Waals surface area (Å²) in [5.41, 5.74) is 7.19. The Hall–Kier alpha value is -3.52. The van der Waals surface area contributed by atoms with Crippen LogP contribution in [-0.2, 0) is 32.0 Å². The van der Waals surface area contributed by atoms with E-state index in [2.05, 4.69) is 5.48 Å². The highest BCUT2D eigenvalue weighted by Crippen LogP contribution is 2.41. The minimum Gasteiger partial charge on any atom is -0.772 e. The van der Waals surface area contributed by atoms with Crippen molar-refractivity contribution in [2.24, 2.45) is 0 Å². The molecule has 0 bridgehead atoms. The van der Waals surface area contributed by atoms with E-state index in [-0.39, 0.29) is 24.6 Å². The number of hydroxylamine groups is 1. The second kappa shape index (κ2) is 14.1. The first-order valence-electron chi connectivity index (χ1n) is 14.1. The number of fused-ring (bicyclic) bond motifs is 2. The number of anilines is 1. The lowest BCUT2D eigenvalue weighted by molar-refractivity contribution is -0.673. The molecular weight excluding hydrogens is 626 g/mol. The van der Waals surface area contributed by atoms with Gasteiger partial charge in [0.25, 0.3) is 15.6 Å². The maximum atomic E-state index is 12.4.